The number of carboxylic acids is 1. The molecule has 0 bridgehead atoms. The zero-order valence-corrected chi connectivity index (χ0v) is 23.6. The highest BCUT2D eigenvalue weighted by molar-refractivity contribution is 5.88. The summed E-state index contributed by atoms with van der Waals surface area (Å²) in [7, 11) is 1.75. The van der Waals surface area contributed by atoms with Crippen LogP contribution in [-0.4, -0.2) is 124 Å². The molecule has 0 aromatic rings. The van der Waals surface area contributed by atoms with E-state index in [-0.39, 0.29) is 89.5 Å². The minimum Gasteiger partial charge on any atom is -0.483 e. The fraction of sp³-hybridized carbons (Fsp3) is 0.708. The summed E-state index contributed by atoms with van der Waals surface area (Å²) < 4.78 is 10.4. The molecular formula is C24H44N6O11. The largest absolute Gasteiger partial charge is 0.483 e. The summed E-state index contributed by atoms with van der Waals surface area (Å²) in [6, 6.07) is -1.14. The van der Waals surface area contributed by atoms with Crippen LogP contribution >= 0.6 is 0 Å². The number of carbonyl (C=O) groups is 7. The van der Waals surface area contributed by atoms with Crippen molar-refractivity contribution in [3.05, 3.63) is 0 Å². The molecule has 0 aliphatic heterocycles. The van der Waals surface area contributed by atoms with Crippen LogP contribution in [0.5, 0.6) is 0 Å². The van der Waals surface area contributed by atoms with E-state index < -0.39 is 23.8 Å². The van der Waals surface area contributed by atoms with Gasteiger partial charge >= 0.3 is 5.97 Å². The third-order valence-corrected chi connectivity index (χ3v) is 4.76. The normalized spacial score (nSPS) is 10.7. The molecule has 17 nitrogen and oxygen atoms in total. The molecule has 41 heavy (non-hydrogen) atoms. The minimum absolute atomic E-state index is 0.0361. The van der Waals surface area contributed by atoms with Crippen molar-refractivity contribution in [2.24, 2.45) is 0 Å². The Morgan fingerprint density at radius 3 is 1.95 bits per heavy atom. The van der Waals surface area contributed by atoms with Gasteiger partial charge < -0.3 is 51.6 Å². The molecule has 0 saturated carbocycles. The van der Waals surface area contributed by atoms with E-state index in [2.05, 4.69) is 31.9 Å². The van der Waals surface area contributed by atoms with Crippen LogP contribution in [-0.2, 0) is 43.0 Å². The van der Waals surface area contributed by atoms with Crippen LogP contribution in [0.15, 0.2) is 0 Å². The van der Waals surface area contributed by atoms with E-state index in [0.717, 1.165) is 6.42 Å². The van der Waals surface area contributed by atoms with Crippen LogP contribution in [0.3, 0.4) is 0 Å². The summed E-state index contributed by atoms with van der Waals surface area (Å²) in [5.41, 5.74) is 0. The van der Waals surface area contributed by atoms with E-state index in [1.165, 1.54) is 0 Å². The Morgan fingerprint density at radius 2 is 1.34 bits per heavy atom. The van der Waals surface area contributed by atoms with E-state index in [4.69, 9.17) is 19.4 Å². The Morgan fingerprint density at radius 1 is 0.756 bits per heavy atom. The summed E-state index contributed by atoms with van der Waals surface area (Å²) in [4.78, 5) is 78.0. The number of amides is 5. The Labute approximate surface area is 238 Å². The average molecular weight is 593 g/mol. The molecule has 236 valence electrons. The zero-order chi connectivity index (χ0) is 31.3. The van der Waals surface area contributed by atoms with Crippen molar-refractivity contribution >= 4 is 42.0 Å². The van der Waals surface area contributed by atoms with Crippen molar-refractivity contribution in [2.45, 2.75) is 45.1 Å². The maximum absolute atomic E-state index is 11.9. The monoisotopic (exact) mass is 592 g/mol. The molecule has 0 saturated heterocycles. The molecule has 17 heteroatoms. The maximum Gasteiger partial charge on any atom is 0.326 e. The number of carbonyl (C=O) groups excluding carboxylic acids is 5. The zero-order valence-electron chi connectivity index (χ0n) is 23.6. The number of nitrogens with one attached hydrogen (secondary N) is 6. The highest BCUT2D eigenvalue weighted by Crippen LogP contribution is 2.00. The average Bonchev–Trinajstić information content (AvgIpc) is 2.93. The molecule has 5 amide bonds. The van der Waals surface area contributed by atoms with Crippen molar-refractivity contribution < 1.29 is 53.2 Å². The van der Waals surface area contributed by atoms with Crippen molar-refractivity contribution in [2.75, 3.05) is 66.2 Å². The van der Waals surface area contributed by atoms with Gasteiger partial charge in [-0.2, -0.15) is 0 Å². The van der Waals surface area contributed by atoms with E-state index in [0.29, 0.717) is 19.5 Å². The molecular weight excluding hydrogens is 548 g/mol. The van der Waals surface area contributed by atoms with Crippen LogP contribution in [0.25, 0.3) is 0 Å². The summed E-state index contributed by atoms with van der Waals surface area (Å²) >= 11 is 0. The van der Waals surface area contributed by atoms with E-state index in [1.807, 2.05) is 6.92 Å². The van der Waals surface area contributed by atoms with Gasteiger partial charge in [-0.3, -0.25) is 28.8 Å². The topological polar surface area (TPSA) is 251 Å². The van der Waals surface area contributed by atoms with Gasteiger partial charge in [0.15, 0.2) is 0 Å². The minimum atomic E-state index is -1.20. The first kappa shape index (κ1) is 39.3. The number of rotatable bonds is 23. The Hall–Kier alpha value is -3.83. The van der Waals surface area contributed by atoms with Crippen LogP contribution < -0.4 is 31.9 Å². The van der Waals surface area contributed by atoms with E-state index >= 15 is 0 Å². The molecule has 0 aliphatic carbocycles. The Bertz CT molecular complexity index is 798. The highest BCUT2D eigenvalue weighted by atomic mass is 16.5. The van der Waals surface area contributed by atoms with E-state index in [1.54, 1.807) is 7.05 Å². The number of aliphatic carboxylic acids is 1. The third-order valence-electron chi connectivity index (χ3n) is 4.76. The van der Waals surface area contributed by atoms with Crippen molar-refractivity contribution in [3.63, 3.8) is 0 Å². The Balaban J connectivity index is 0. The first-order valence-electron chi connectivity index (χ1n) is 13.1. The fourth-order valence-electron chi connectivity index (χ4n) is 2.76. The van der Waals surface area contributed by atoms with E-state index in [9.17, 15) is 33.9 Å². The quantitative estimate of drug-likeness (QED) is 0.0435. The first-order chi connectivity index (χ1) is 19.6. The number of ether oxygens (including phenoxy) is 2. The molecule has 0 aromatic heterocycles. The second-order valence-electron chi connectivity index (χ2n) is 8.23. The van der Waals surface area contributed by atoms with Crippen LogP contribution in [0.1, 0.15) is 39.0 Å². The van der Waals surface area contributed by atoms with Gasteiger partial charge in [-0.15, -0.1) is 0 Å². The predicted molar refractivity (Wildman–Crippen MR) is 145 cm³/mol. The lowest BCUT2D eigenvalue weighted by atomic mass is 10.1. The van der Waals surface area contributed by atoms with Crippen molar-refractivity contribution in [1.82, 2.24) is 31.9 Å². The number of hydrogen-bond acceptors (Lipinski definition) is 10. The second-order valence-corrected chi connectivity index (χ2v) is 8.23. The number of hydrogen-bond donors (Lipinski definition) is 8. The molecule has 0 rings (SSSR count). The second kappa shape index (κ2) is 27.7. The maximum atomic E-state index is 11.9. The van der Waals surface area contributed by atoms with Gasteiger partial charge in [-0.25, -0.2) is 4.79 Å². The summed E-state index contributed by atoms with van der Waals surface area (Å²) in [5.74, 6) is -3.27. The van der Waals surface area contributed by atoms with Gasteiger partial charge in [0.25, 0.3) is 6.47 Å². The smallest absolute Gasteiger partial charge is 0.326 e. The van der Waals surface area contributed by atoms with Gasteiger partial charge in [0.1, 0.15) is 12.6 Å². The van der Waals surface area contributed by atoms with Gasteiger partial charge in [-0.05, 0) is 32.9 Å². The highest BCUT2D eigenvalue weighted by Gasteiger charge is 2.20. The number of carboxylic acid groups (broad SMARTS) is 2. The van der Waals surface area contributed by atoms with Crippen LogP contribution in [0.2, 0.25) is 0 Å². The molecule has 0 spiro atoms. The first-order valence-corrected chi connectivity index (χ1v) is 13.1. The molecule has 1 atom stereocenters. The molecule has 0 radical (unpaired) electrons. The van der Waals surface area contributed by atoms with Crippen LogP contribution in [0, 0.1) is 0 Å². The van der Waals surface area contributed by atoms with Gasteiger partial charge in [0.2, 0.25) is 29.5 Å². The predicted octanol–water partition coefficient (Wildman–Crippen LogP) is -3.06. The lowest BCUT2D eigenvalue weighted by Crippen LogP contribution is -2.42. The molecule has 0 aromatic carbocycles. The van der Waals surface area contributed by atoms with Gasteiger partial charge in [0, 0.05) is 25.9 Å². The van der Waals surface area contributed by atoms with Crippen molar-refractivity contribution in [3.8, 4) is 0 Å². The van der Waals surface area contributed by atoms with Gasteiger partial charge in [-0.1, -0.05) is 6.92 Å². The van der Waals surface area contributed by atoms with Gasteiger partial charge in [0.05, 0.1) is 32.9 Å². The van der Waals surface area contributed by atoms with Crippen LogP contribution in [0.4, 0.5) is 0 Å². The Kier molecular flexibility index (Phi) is 26.6. The SMILES string of the molecule is CCCNC(=O)CNC(=O)CNC(=O)COCCOCCNC(=O)CCC(NC(=O)CCCNC)C(=O)O.O=CO. The molecule has 0 heterocycles. The lowest BCUT2D eigenvalue weighted by Gasteiger charge is -2.14. The lowest BCUT2D eigenvalue weighted by molar-refractivity contribution is -0.142. The molecule has 1 unspecified atom stereocenters. The van der Waals surface area contributed by atoms with Crippen molar-refractivity contribution in [1.29, 1.82) is 0 Å². The molecule has 0 aliphatic rings. The summed E-state index contributed by atoms with van der Waals surface area (Å²) in [6.45, 7) is 2.74. The molecule has 8 N–H and O–H groups in total. The standard InChI is InChI=1S/C23H42N6O9.CH2O2/c1-3-8-25-20(32)14-27-21(33)15-28-22(34)16-38-13-12-37-11-10-26-18(30)7-6-17(23(35)36)29-19(31)5-4-9-24-2;2-1-3/h17,24H,3-16H2,1-2H3,(H,25,32)(H,26,30)(H,27,33)(H,28,34)(H,29,31)(H,35,36);1H,(H,2,3). The molecule has 0 fully saturated rings. The third kappa shape index (κ3) is 27.5. The summed E-state index contributed by atoms with van der Waals surface area (Å²) in [5, 5.41) is 31.4. The summed E-state index contributed by atoms with van der Waals surface area (Å²) in [6.07, 6.45) is 1.45. The fourth-order valence-corrected chi connectivity index (χ4v) is 2.76.